The van der Waals surface area contributed by atoms with Crippen molar-refractivity contribution in [2.75, 3.05) is 18.9 Å². The standard InChI is InChI=1S/C20H15FN2O5S2/c1-27-16-6-4-13(20(24)28-2)10-18(16)30(25,26)23-15-9-12(11-22)3-5-14(15)17-7-8-19(21)29-17/h3-10,23H,1-2H3. The Hall–Kier alpha value is -3.42. The van der Waals surface area contributed by atoms with Crippen LogP contribution in [0.2, 0.25) is 0 Å². The summed E-state index contributed by atoms with van der Waals surface area (Å²) < 4.78 is 52.0. The predicted octanol–water partition coefficient (Wildman–Crippen LogP) is 4.02. The third-order valence-electron chi connectivity index (χ3n) is 4.11. The first-order valence-electron chi connectivity index (χ1n) is 8.38. The highest BCUT2D eigenvalue weighted by atomic mass is 32.2. The smallest absolute Gasteiger partial charge is 0.337 e. The van der Waals surface area contributed by atoms with E-state index in [-0.39, 0.29) is 27.5 Å². The number of benzene rings is 2. The predicted molar refractivity (Wildman–Crippen MR) is 110 cm³/mol. The molecule has 0 aliphatic carbocycles. The molecule has 0 saturated heterocycles. The quantitative estimate of drug-likeness (QED) is 0.574. The van der Waals surface area contributed by atoms with Crippen molar-refractivity contribution >= 4 is 33.0 Å². The maximum absolute atomic E-state index is 13.5. The summed E-state index contributed by atoms with van der Waals surface area (Å²) in [5.74, 6) is -0.703. The topological polar surface area (TPSA) is 105 Å². The van der Waals surface area contributed by atoms with Gasteiger partial charge < -0.3 is 9.47 Å². The fourth-order valence-electron chi connectivity index (χ4n) is 2.70. The number of hydrogen-bond donors (Lipinski definition) is 1. The molecule has 0 amide bonds. The number of nitrogens with one attached hydrogen (secondary N) is 1. The Bertz CT molecular complexity index is 1260. The van der Waals surface area contributed by atoms with E-state index in [2.05, 4.69) is 9.46 Å². The Morgan fingerprint density at radius 3 is 2.50 bits per heavy atom. The summed E-state index contributed by atoms with van der Waals surface area (Å²) in [4.78, 5) is 12.0. The third kappa shape index (κ3) is 4.27. The molecular weight excluding hydrogens is 431 g/mol. The van der Waals surface area contributed by atoms with Crippen LogP contribution in [-0.4, -0.2) is 28.6 Å². The van der Waals surface area contributed by atoms with Crippen LogP contribution in [-0.2, 0) is 14.8 Å². The Balaban J connectivity index is 2.12. The van der Waals surface area contributed by atoms with Crippen molar-refractivity contribution in [3.63, 3.8) is 0 Å². The number of halogens is 1. The van der Waals surface area contributed by atoms with Crippen LogP contribution in [0.1, 0.15) is 15.9 Å². The number of hydrogen-bond acceptors (Lipinski definition) is 7. The second-order valence-corrected chi connectivity index (χ2v) is 8.62. The number of ether oxygens (including phenoxy) is 2. The minimum atomic E-state index is -4.25. The summed E-state index contributed by atoms with van der Waals surface area (Å²) in [6, 6.07) is 12.9. The van der Waals surface area contributed by atoms with Crippen LogP contribution in [0, 0.1) is 16.5 Å². The molecule has 10 heteroatoms. The van der Waals surface area contributed by atoms with E-state index >= 15 is 0 Å². The van der Waals surface area contributed by atoms with Gasteiger partial charge in [-0.3, -0.25) is 4.72 Å². The third-order valence-corrected chi connectivity index (χ3v) is 6.40. The zero-order chi connectivity index (χ0) is 21.9. The van der Waals surface area contributed by atoms with Crippen LogP contribution >= 0.6 is 11.3 Å². The normalized spacial score (nSPS) is 10.9. The lowest BCUT2D eigenvalue weighted by molar-refractivity contribution is 0.0600. The molecule has 30 heavy (non-hydrogen) atoms. The van der Waals surface area contributed by atoms with Crippen molar-refractivity contribution in [2.45, 2.75) is 4.90 Å². The van der Waals surface area contributed by atoms with Crippen LogP contribution in [0.5, 0.6) is 5.75 Å². The molecule has 2 aromatic carbocycles. The molecule has 0 bridgehead atoms. The van der Waals surface area contributed by atoms with Crippen LogP contribution in [0.4, 0.5) is 10.1 Å². The van der Waals surface area contributed by atoms with Crippen molar-refractivity contribution in [2.24, 2.45) is 0 Å². The Morgan fingerprint density at radius 2 is 1.90 bits per heavy atom. The van der Waals surface area contributed by atoms with E-state index in [0.717, 1.165) is 17.4 Å². The zero-order valence-corrected chi connectivity index (χ0v) is 17.4. The lowest BCUT2D eigenvalue weighted by Gasteiger charge is -2.15. The number of anilines is 1. The molecule has 0 saturated carbocycles. The van der Waals surface area contributed by atoms with Gasteiger partial charge in [0.15, 0.2) is 5.13 Å². The molecule has 0 aliphatic rings. The van der Waals surface area contributed by atoms with E-state index in [1.165, 1.54) is 56.7 Å². The molecule has 0 spiro atoms. The van der Waals surface area contributed by atoms with Crippen molar-refractivity contribution in [3.8, 4) is 22.3 Å². The molecule has 3 aromatic rings. The Labute approximate surface area is 176 Å². The lowest BCUT2D eigenvalue weighted by Crippen LogP contribution is -2.16. The molecule has 154 valence electrons. The van der Waals surface area contributed by atoms with Gasteiger partial charge >= 0.3 is 5.97 Å². The van der Waals surface area contributed by atoms with Crippen molar-refractivity contribution < 1.29 is 27.1 Å². The van der Waals surface area contributed by atoms with Crippen LogP contribution in [0.25, 0.3) is 10.4 Å². The van der Waals surface area contributed by atoms with Crippen LogP contribution in [0.15, 0.2) is 53.4 Å². The zero-order valence-electron chi connectivity index (χ0n) is 15.8. The molecule has 0 fully saturated rings. The first-order chi connectivity index (χ1) is 14.3. The highest BCUT2D eigenvalue weighted by Crippen LogP contribution is 2.36. The number of carbonyl (C=O) groups excluding carboxylic acids is 1. The fourth-order valence-corrected chi connectivity index (χ4v) is 4.74. The van der Waals surface area contributed by atoms with Gasteiger partial charge in [-0.05, 0) is 42.5 Å². The molecule has 1 N–H and O–H groups in total. The van der Waals surface area contributed by atoms with E-state index in [1.54, 1.807) is 0 Å². The number of sulfonamides is 1. The number of methoxy groups -OCH3 is 2. The number of nitrogens with zero attached hydrogens (tertiary/aromatic N) is 1. The van der Waals surface area contributed by atoms with Gasteiger partial charge in [0.2, 0.25) is 0 Å². The largest absolute Gasteiger partial charge is 0.495 e. The lowest BCUT2D eigenvalue weighted by atomic mass is 10.1. The van der Waals surface area contributed by atoms with Crippen molar-refractivity contribution in [1.82, 2.24) is 0 Å². The minimum Gasteiger partial charge on any atom is -0.495 e. The highest BCUT2D eigenvalue weighted by molar-refractivity contribution is 7.92. The highest BCUT2D eigenvalue weighted by Gasteiger charge is 2.24. The SMILES string of the molecule is COC(=O)c1ccc(OC)c(S(=O)(=O)Nc2cc(C#N)ccc2-c2ccc(F)s2)c1. The molecular formula is C20H15FN2O5S2. The van der Waals surface area contributed by atoms with Gasteiger partial charge in [-0.15, -0.1) is 11.3 Å². The molecule has 0 atom stereocenters. The summed E-state index contributed by atoms with van der Waals surface area (Å²) >= 11 is 0.837. The molecule has 7 nitrogen and oxygen atoms in total. The molecule has 3 rings (SSSR count). The van der Waals surface area contributed by atoms with Gasteiger partial charge in [0, 0.05) is 10.4 Å². The molecule has 0 aliphatic heterocycles. The molecule has 0 unspecified atom stereocenters. The number of esters is 1. The maximum Gasteiger partial charge on any atom is 0.337 e. The van der Waals surface area contributed by atoms with Crippen LogP contribution in [0.3, 0.4) is 0 Å². The average molecular weight is 446 g/mol. The summed E-state index contributed by atoms with van der Waals surface area (Å²) in [5.41, 5.74) is 0.713. The number of carbonyl (C=O) groups is 1. The number of nitriles is 1. The average Bonchev–Trinajstić information content (AvgIpc) is 3.18. The molecule has 0 radical (unpaired) electrons. The second-order valence-electron chi connectivity index (χ2n) is 5.94. The van der Waals surface area contributed by atoms with Gasteiger partial charge in [-0.2, -0.15) is 9.65 Å². The van der Waals surface area contributed by atoms with Crippen LogP contribution < -0.4 is 9.46 Å². The maximum atomic E-state index is 13.5. The monoisotopic (exact) mass is 446 g/mol. The Kier molecular flexibility index (Phi) is 6.05. The van der Waals surface area contributed by atoms with Gasteiger partial charge in [0.1, 0.15) is 10.6 Å². The Morgan fingerprint density at radius 1 is 1.13 bits per heavy atom. The number of rotatable bonds is 6. The van der Waals surface area contributed by atoms with Crippen molar-refractivity contribution in [3.05, 3.63) is 64.8 Å². The van der Waals surface area contributed by atoms with Gasteiger partial charge in [-0.1, -0.05) is 6.07 Å². The van der Waals surface area contributed by atoms with E-state index < -0.39 is 21.1 Å². The first kappa shape index (κ1) is 21.3. The van der Waals surface area contributed by atoms with Crippen molar-refractivity contribution in [1.29, 1.82) is 5.26 Å². The van der Waals surface area contributed by atoms with Gasteiger partial charge in [0.25, 0.3) is 10.0 Å². The molecule has 1 heterocycles. The summed E-state index contributed by atoms with van der Waals surface area (Å²) in [6.45, 7) is 0. The first-order valence-corrected chi connectivity index (χ1v) is 10.7. The number of thiophene rings is 1. The minimum absolute atomic E-state index is 0.00955. The summed E-state index contributed by atoms with van der Waals surface area (Å²) in [5, 5.41) is 8.76. The van der Waals surface area contributed by atoms with Gasteiger partial charge in [0.05, 0.1) is 37.1 Å². The van der Waals surface area contributed by atoms with E-state index in [0.29, 0.717) is 10.4 Å². The van der Waals surface area contributed by atoms with E-state index in [9.17, 15) is 22.9 Å². The summed E-state index contributed by atoms with van der Waals surface area (Å²) in [6.07, 6.45) is 0. The van der Waals surface area contributed by atoms with E-state index in [4.69, 9.17) is 4.74 Å². The van der Waals surface area contributed by atoms with Gasteiger partial charge in [-0.25, -0.2) is 13.2 Å². The van der Waals surface area contributed by atoms with E-state index in [1.807, 2.05) is 6.07 Å². The second kappa shape index (κ2) is 8.52. The molecule has 1 aromatic heterocycles. The fraction of sp³-hybridized carbons (Fsp3) is 0.100. The summed E-state index contributed by atoms with van der Waals surface area (Å²) in [7, 11) is -1.78.